The molecule has 0 saturated carbocycles. The van der Waals surface area contributed by atoms with Crippen molar-refractivity contribution in [2.45, 2.75) is 0 Å². The van der Waals surface area contributed by atoms with Gasteiger partial charge in [0.15, 0.2) is 34.9 Å². The van der Waals surface area contributed by atoms with Gasteiger partial charge in [-0.15, -0.1) is 10.2 Å². The first-order chi connectivity index (χ1) is 30.1. The number of nitriles is 1. The average molecular weight is 786 g/mol. The number of hydrogen-bond donors (Lipinski definition) is 0. The second-order valence-electron chi connectivity index (χ2n) is 14.1. The van der Waals surface area contributed by atoms with E-state index in [0.717, 1.165) is 44.5 Å². The molecule has 10 rings (SSSR count). The molecule has 286 valence electrons. The second-order valence-corrected chi connectivity index (χ2v) is 14.1. The molecule has 0 aliphatic carbocycles. The predicted octanol–water partition coefficient (Wildman–Crippen LogP) is 11.3. The predicted molar refractivity (Wildman–Crippen MR) is 235 cm³/mol. The van der Waals surface area contributed by atoms with Gasteiger partial charge in [-0.25, -0.2) is 29.9 Å². The van der Waals surface area contributed by atoms with Gasteiger partial charge in [-0.3, -0.25) is 0 Å². The van der Waals surface area contributed by atoms with Gasteiger partial charge in [0.2, 0.25) is 11.8 Å². The minimum atomic E-state index is 0.341. The summed E-state index contributed by atoms with van der Waals surface area (Å²) < 4.78 is 6.33. The quantitative estimate of drug-likeness (QED) is 0.139. The largest absolute Gasteiger partial charge is 0.416 e. The number of hydrogen-bond acceptors (Lipinski definition) is 10. The molecule has 0 atom stereocenters. The number of benzene rings is 7. The van der Waals surface area contributed by atoms with Crippen LogP contribution in [0.2, 0.25) is 0 Å². The number of rotatable bonds is 9. The molecule has 0 aliphatic rings. The smallest absolute Gasteiger partial charge is 0.248 e. The van der Waals surface area contributed by atoms with Gasteiger partial charge >= 0.3 is 0 Å². The third kappa shape index (κ3) is 7.78. The van der Waals surface area contributed by atoms with E-state index in [1.807, 2.05) is 188 Å². The van der Waals surface area contributed by atoms with Gasteiger partial charge in [-0.05, 0) is 53.6 Å². The van der Waals surface area contributed by atoms with Gasteiger partial charge in [0.25, 0.3) is 0 Å². The second kappa shape index (κ2) is 16.2. The van der Waals surface area contributed by atoms with Crippen molar-refractivity contribution in [3.63, 3.8) is 0 Å². The van der Waals surface area contributed by atoms with Gasteiger partial charge in [-0.1, -0.05) is 146 Å². The fourth-order valence-electron chi connectivity index (χ4n) is 6.90. The van der Waals surface area contributed by atoms with Crippen LogP contribution < -0.4 is 0 Å². The van der Waals surface area contributed by atoms with Crippen molar-refractivity contribution in [3.05, 3.63) is 194 Å². The minimum absolute atomic E-state index is 0.341. The van der Waals surface area contributed by atoms with E-state index >= 15 is 0 Å². The van der Waals surface area contributed by atoms with E-state index in [2.05, 4.69) is 16.3 Å². The van der Waals surface area contributed by atoms with Crippen LogP contribution in [-0.2, 0) is 0 Å². The van der Waals surface area contributed by atoms with Crippen molar-refractivity contribution in [3.8, 4) is 108 Å². The molecular weight excluding hydrogens is 755 g/mol. The Kier molecular flexibility index (Phi) is 9.71. The Balaban J connectivity index is 0.987. The lowest BCUT2D eigenvalue weighted by Crippen LogP contribution is -2.00. The lowest BCUT2D eigenvalue weighted by molar-refractivity contribution is 0.584. The SMILES string of the molecule is N#Cc1ccc(-c2cccc(-c3nc(-c4ccccc4)nc(-c4cccc(-c5nnc(-c6cccc(-c7nc(-c8ccccc8)nc(-c8ccccc8)n7)c6)o5)c4)n3)c2)cc1. The summed E-state index contributed by atoms with van der Waals surface area (Å²) in [6.07, 6.45) is 0. The van der Waals surface area contributed by atoms with Crippen LogP contribution in [0.3, 0.4) is 0 Å². The van der Waals surface area contributed by atoms with Crippen molar-refractivity contribution < 1.29 is 4.42 Å². The summed E-state index contributed by atoms with van der Waals surface area (Å²) in [5, 5.41) is 18.2. The molecule has 0 bridgehead atoms. The molecule has 0 aliphatic heterocycles. The summed E-state index contributed by atoms with van der Waals surface area (Å²) in [4.78, 5) is 29.5. The van der Waals surface area contributed by atoms with E-state index < -0.39 is 0 Å². The van der Waals surface area contributed by atoms with Gasteiger partial charge in [0.1, 0.15) is 0 Å². The molecule has 3 heterocycles. The Morgan fingerprint density at radius 1 is 0.295 bits per heavy atom. The van der Waals surface area contributed by atoms with Crippen molar-refractivity contribution in [1.29, 1.82) is 5.26 Å². The first-order valence-corrected chi connectivity index (χ1v) is 19.5. The van der Waals surface area contributed by atoms with E-state index in [0.29, 0.717) is 63.4 Å². The fraction of sp³-hybridized carbons (Fsp3) is 0. The Morgan fingerprint density at radius 3 is 0.984 bits per heavy atom. The highest BCUT2D eigenvalue weighted by Gasteiger charge is 2.18. The zero-order valence-electron chi connectivity index (χ0n) is 32.3. The third-order valence-corrected chi connectivity index (χ3v) is 10.00. The van der Waals surface area contributed by atoms with Crippen LogP contribution >= 0.6 is 0 Å². The molecular formula is C51H31N9O. The molecule has 10 nitrogen and oxygen atoms in total. The summed E-state index contributed by atoms with van der Waals surface area (Å²) in [5.41, 5.74) is 8.98. The highest BCUT2D eigenvalue weighted by Crippen LogP contribution is 2.32. The van der Waals surface area contributed by atoms with Crippen LogP contribution in [0, 0.1) is 11.3 Å². The zero-order chi connectivity index (χ0) is 41.0. The van der Waals surface area contributed by atoms with Crippen LogP contribution in [0.15, 0.2) is 192 Å². The molecule has 0 unspecified atom stereocenters. The Hall–Kier alpha value is -8.81. The normalized spacial score (nSPS) is 10.9. The summed E-state index contributed by atoms with van der Waals surface area (Å²) in [6, 6.07) is 62.8. The monoisotopic (exact) mass is 785 g/mol. The molecule has 10 heteroatoms. The molecule has 0 saturated heterocycles. The highest BCUT2D eigenvalue weighted by atomic mass is 16.4. The minimum Gasteiger partial charge on any atom is -0.416 e. The maximum Gasteiger partial charge on any atom is 0.248 e. The maximum absolute atomic E-state index is 9.29. The molecule has 0 fully saturated rings. The topological polar surface area (TPSA) is 140 Å². The lowest BCUT2D eigenvalue weighted by atomic mass is 10.0. The van der Waals surface area contributed by atoms with Gasteiger partial charge in [0.05, 0.1) is 11.6 Å². The lowest BCUT2D eigenvalue weighted by Gasteiger charge is -2.10. The first-order valence-electron chi connectivity index (χ1n) is 19.5. The standard InChI is InChI=1S/C51H31N9O/c52-32-33-25-27-34(28-26-33)38-19-10-20-39(29-38)47-56-46(37-17-8-3-9-18-37)57-49(58-47)41-22-12-24-43(31-41)51-60-59-50(61-51)42-23-11-21-40(30-42)48-54-44(35-13-4-1-5-14-35)53-45(55-48)36-15-6-2-7-16-36/h1-31H. The molecule has 0 radical (unpaired) electrons. The fourth-order valence-corrected chi connectivity index (χ4v) is 6.90. The molecule has 7 aromatic carbocycles. The van der Waals surface area contributed by atoms with Crippen LogP contribution in [-0.4, -0.2) is 40.1 Å². The molecule has 61 heavy (non-hydrogen) atoms. The maximum atomic E-state index is 9.29. The molecule has 10 aromatic rings. The third-order valence-electron chi connectivity index (χ3n) is 10.00. The Bertz CT molecular complexity index is 3140. The van der Waals surface area contributed by atoms with E-state index in [1.165, 1.54) is 0 Å². The van der Waals surface area contributed by atoms with Crippen molar-refractivity contribution >= 4 is 0 Å². The molecule has 3 aromatic heterocycles. The summed E-state index contributed by atoms with van der Waals surface area (Å²) in [6.45, 7) is 0. The summed E-state index contributed by atoms with van der Waals surface area (Å²) >= 11 is 0. The van der Waals surface area contributed by atoms with Crippen LogP contribution in [0.4, 0.5) is 0 Å². The van der Waals surface area contributed by atoms with E-state index in [-0.39, 0.29) is 0 Å². The van der Waals surface area contributed by atoms with Crippen LogP contribution in [0.5, 0.6) is 0 Å². The summed E-state index contributed by atoms with van der Waals surface area (Å²) in [7, 11) is 0. The van der Waals surface area contributed by atoms with Gasteiger partial charge in [0, 0.05) is 44.5 Å². The van der Waals surface area contributed by atoms with Crippen LogP contribution in [0.25, 0.3) is 102 Å². The van der Waals surface area contributed by atoms with Crippen molar-refractivity contribution in [1.82, 2.24) is 40.1 Å². The van der Waals surface area contributed by atoms with E-state index in [4.69, 9.17) is 34.3 Å². The first kappa shape index (κ1) is 36.5. The van der Waals surface area contributed by atoms with Crippen molar-refractivity contribution in [2.24, 2.45) is 0 Å². The van der Waals surface area contributed by atoms with Gasteiger partial charge in [-0.2, -0.15) is 5.26 Å². The van der Waals surface area contributed by atoms with E-state index in [1.54, 1.807) is 0 Å². The molecule has 0 spiro atoms. The zero-order valence-corrected chi connectivity index (χ0v) is 32.3. The molecule has 0 amide bonds. The van der Waals surface area contributed by atoms with E-state index in [9.17, 15) is 5.26 Å². The Labute approximate surface area is 350 Å². The van der Waals surface area contributed by atoms with Crippen LogP contribution in [0.1, 0.15) is 5.56 Å². The average Bonchev–Trinajstić information content (AvgIpc) is 3.86. The highest BCUT2D eigenvalue weighted by molar-refractivity contribution is 5.75. The number of aromatic nitrogens is 8. The van der Waals surface area contributed by atoms with Gasteiger partial charge < -0.3 is 4.42 Å². The van der Waals surface area contributed by atoms with Crippen molar-refractivity contribution in [2.75, 3.05) is 0 Å². The Morgan fingerprint density at radius 2 is 0.607 bits per heavy atom. The molecule has 0 N–H and O–H groups in total. The number of nitrogens with zero attached hydrogens (tertiary/aromatic N) is 9. The summed E-state index contributed by atoms with van der Waals surface area (Å²) in [5.74, 6) is 3.92.